The molecule has 1 aromatic carbocycles. The lowest BCUT2D eigenvalue weighted by Gasteiger charge is -2.14. The van der Waals surface area contributed by atoms with E-state index >= 15 is 0 Å². The van der Waals surface area contributed by atoms with Gasteiger partial charge in [-0.15, -0.1) is 0 Å². The van der Waals surface area contributed by atoms with Crippen molar-refractivity contribution in [1.29, 1.82) is 0 Å². The Labute approximate surface area is 114 Å². The zero-order valence-electron chi connectivity index (χ0n) is 10.8. The van der Waals surface area contributed by atoms with Gasteiger partial charge >= 0.3 is 5.97 Å². The summed E-state index contributed by atoms with van der Waals surface area (Å²) in [6, 6.07) is 6.79. The Balaban J connectivity index is 2.44. The van der Waals surface area contributed by atoms with Gasteiger partial charge in [0, 0.05) is 17.8 Å². The molecular weight excluding hydrogens is 260 g/mol. The molecule has 7 nitrogen and oxygen atoms in total. The number of primary amides is 1. The maximum absolute atomic E-state index is 11.0. The lowest BCUT2D eigenvalue weighted by molar-refractivity contribution is -0.118. The number of rotatable bonds is 5. The maximum Gasteiger partial charge on any atom is 0.374 e. The van der Waals surface area contributed by atoms with Crippen LogP contribution in [0.2, 0.25) is 0 Å². The van der Waals surface area contributed by atoms with Crippen molar-refractivity contribution in [3.05, 3.63) is 30.1 Å². The van der Waals surface area contributed by atoms with E-state index in [1.54, 1.807) is 31.2 Å². The lowest BCUT2D eigenvalue weighted by Crippen LogP contribution is -2.25. The van der Waals surface area contributed by atoms with Gasteiger partial charge in [-0.1, -0.05) is 12.1 Å². The summed E-state index contributed by atoms with van der Waals surface area (Å²) in [5, 5.41) is 12.7. The Bertz CT molecular complexity index is 672. The SMILES string of the molecule is CC(CC(N)=O)Nc1nc(C(=O)O)nc2ccccc12. The number of nitrogens with two attached hydrogens (primary N) is 1. The van der Waals surface area contributed by atoms with Crippen LogP contribution >= 0.6 is 0 Å². The van der Waals surface area contributed by atoms with E-state index in [0.717, 1.165) is 0 Å². The first-order valence-corrected chi connectivity index (χ1v) is 6.02. The summed E-state index contributed by atoms with van der Waals surface area (Å²) >= 11 is 0. The fourth-order valence-corrected chi connectivity index (χ4v) is 1.87. The largest absolute Gasteiger partial charge is 0.475 e. The van der Waals surface area contributed by atoms with Crippen molar-refractivity contribution in [3.8, 4) is 0 Å². The first kappa shape index (κ1) is 13.7. The third-order valence-electron chi connectivity index (χ3n) is 2.69. The number of anilines is 1. The number of aromatic nitrogens is 2. The number of carboxylic acids is 1. The van der Waals surface area contributed by atoms with Crippen molar-refractivity contribution in [3.63, 3.8) is 0 Å². The average Bonchev–Trinajstić information content (AvgIpc) is 2.37. The lowest BCUT2D eigenvalue weighted by atomic mass is 10.2. The van der Waals surface area contributed by atoms with Crippen LogP contribution in [0.3, 0.4) is 0 Å². The smallest absolute Gasteiger partial charge is 0.374 e. The van der Waals surface area contributed by atoms with Crippen LogP contribution in [0.25, 0.3) is 10.9 Å². The number of fused-ring (bicyclic) bond motifs is 1. The van der Waals surface area contributed by atoms with Gasteiger partial charge in [0.05, 0.1) is 5.52 Å². The average molecular weight is 274 g/mol. The molecule has 0 aliphatic carbocycles. The molecule has 1 unspecified atom stereocenters. The third-order valence-corrected chi connectivity index (χ3v) is 2.69. The summed E-state index contributed by atoms with van der Waals surface area (Å²) in [4.78, 5) is 29.9. The summed E-state index contributed by atoms with van der Waals surface area (Å²) in [7, 11) is 0. The van der Waals surface area contributed by atoms with Gasteiger partial charge in [0.15, 0.2) is 0 Å². The third kappa shape index (κ3) is 3.00. The molecule has 0 radical (unpaired) electrons. The summed E-state index contributed by atoms with van der Waals surface area (Å²) in [5.74, 6) is -1.57. The summed E-state index contributed by atoms with van der Waals surface area (Å²) in [6.45, 7) is 1.77. The van der Waals surface area contributed by atoms with Gasteiger partial charge in [0.2, 0.25) is 11.7 Å². The van der Waals surface area contributed by atoms with Gasteiger partial charge in [0.25, 0.3) is 0 Å². The fourth-order valence-electron chi connectivity index (χ4n) is 1.87. The summed E-state index contributed by atoms with van der Waals surface area (Å²) < 4.78 is 0. The normalized spacial score (nSPS) is 12.1. The van der Waals surface area contributed by atoms with Gasteiger partial charge in [-0.25, -0.2) is 14.8 Å². The van der Waals surface area contributed by atoms with Crippen LogP contribution in [0.5, 0.6) is 0 Å². The molecule has 20 heavy (non-hydrogen) atoms. The summed E-state index contributed by atoms with van der Waals surface area (Å²) in [5.41, 5.74) is 5.65. The Morgan fingerprint density at radius 1 is 1.35 bits per heavy atom. The molecular formula is C13H14N4O3. The molecule has 1 atom stereocenters. The molecule has 104 valence electrons. The second-order valence-corrected chi connectivity index (χ2v) is 4.43. The van der Waals surface area contributed by atoms with E-state index in [4.69, 9.17) is 10.8 Å². The molecule has 0 saturated heterocycles. The fraction of sp³-hybridized carbons (Fsp3) is 0.231. The highest BCUT2D eigenvalue weighted by atomic mass is 16.4. The molecule has 7 heteroatoms. The number of carboxylic acid groups (broad SMARTS) is 1. The first-order chi connectivity index (χ1) is 9.47. The maximum atomic E-state index is 11.0. The monoisotopic (exact) mass is 274 g/mol. The quantitative estimate of drug-likeness (QED) is 0.748. The number of hydrogen-bond acceptors (Lipinski definition) is 5. The molecule has 1 heterocycles. The van der Waals surface area contributed by atoms with Gasteiger partial charge in [-0.3, -0.25) is 4.79 Å². The number of carbonyl (C=O) groups is 2. The number of amides is 1. The van der Waals surface area contributed by atoms with Crippen molar-refractivity contribution in [2.45, 2.75) is 19.4 Å². The van der Waals surface area contributed by atoms with E-state index in [2.05, 4.69) is 15.3 Å². The number of hydrogen-bond donors (Lipinski definition) is 3. The number of para-hydroxylation sites is 1. The zero-order valence-corrected chi connectivity index (χ0v) is 10.8. The highest BCUT2D eigenvalue weighted by molar-refractivity contribution is 5.93. The van der Waals surface area contributed by atoms with Crippen molar-refractivity contribution in [1.82, 2.24) is 9.97 Å². The van der Waals surface area contributed by atoms with Crippen molar-refractivity contribution in [2.75, 3.05) is 5.32 Å². The van der Waals surface area contributed by atoms with E-state index in [1.807, 2.05) is 0 Å². The molecule has 0 saturated carbocycles. The van der Waals surface area contributed by atoms with E-state index in [9.17, 15) is 9.59 Å². The van der Waals surface area contributed by atoms with Crippen LogP contribution in [0.4, 0.5) is 5.82 Å². The van der Waals surface area contributed by atoms with E-state index in [0.29, 0.717) is 16.7 Å². The van der Waals surface area contributed by atoms with Crippen molar-refractivity contribution in [2.24, 2.45) is 5.73 Å². The molecule has 0 aliphatic rings. The zero-order chi connectivity index (χ0) is 14.7. The van der Waals surface area contributed by atoms with Crippen LogP contribution in [-0.2, 0) is 4.79 Å². The van der Waals surface area contributed by atoms with E-state index in [-0.39, 0.29) is 18.3 Å². The predicted molar refractivity (Wildman–Crippen MR) is 73.4 cm³/mol. The molecule has 0 aliphatic heterocycles. The Kier molecular flexibility index (Phi) is 3.79. The van der Waals surface area contributed by atoms with Crippen LogP contribution in [0.1, 0.15) is 24.0 Å². The van der Waals surface area contributed by atoms with E-state index < -0.39 is 11.9 Å². The van der Waals surface area contributed by atoms with Crippen LogP contribution in [0.15, 0.2) is 24.3 Å². The minimum Gasteiger partial charge on any atom is -0.475 e. The van der Waals surface area contributed by atoms with Gasteiger partial charge in [0.1, 0.15) is 5.82 Å². The van der Waals surface area contributed by atoms with Crippen molar-refractivity contribution < 1.29 is 14.7 Å². The minimum atomic E-state index is -1.21. The predicted octanol–water partition coefficient (Wildman–Crippen LogP) is 1.00. The van der Waals surface area contributed by atoms with Crippen LogP contribution in [0, 0.1) is 0 Å². The number of nitrogens with zero attached hydrogens (tertiary/aromatic N) is 2. The Morgan fingerprint density at radius 3 is 2.70 bits per heavy atom. The number of nitrogens with one attached hydrogen (secondary N) is 1. The molecule has 0 spiro atoms. The highest BCUT2D eigenvalue weighted by Crippen LogP contribution is 2.21. The molecule has 1 aromatic heterocycles. The highest BCUT2D eigenvalue weighted by Gasteiger charge is 2.14. The molecule has 2 aromatic rings. The molecule has 0 fully saturated rings. The molecule has 2 rings (SSSR count). The van der Waals surface area contributed by atoms with Gasteiger partial charge < -0.3 is 16.2 Å². The van der Waals surface area contributed by atoms with E-state index in [1.165, 1.54) is 0 Å². The first-order valence-electron chi connectivity index (χ1n) is 6.02. The number of aromatic carboxylic acids is 1. The Hall–Kier alpha value is -2.70. The second-order valence-electron chi connectivity index (χ2n) is 4.43. The van der Waals surface area contributed by atoms with Crippen LogP contribution < -0.4 is 11.1 Å². The number of carbonyl (C=O) groups excluding carboxylic acids is 1. The second kappa shape index (κ2) is 5.52. The Morgan fingerprint density at radius 2 is 2.05 bits per heavy atom. The topological polar surface area (TPSA) is 118 Å². The van der Waals surface area contributed by atoms with Crippen molar-refractivity contribution >= 4 is 28.6 Å². The van der Waals surface area contributed by atoms with Gasteiger partial charge in [-0.05, 0) is 19.1 Å². The summed E-state index contributed by atoms with van der Waals surface area (Å²) in [6.07, 6.45) is 0.126. The number of benzene rings is 1. The minimum absolute atomic E-state index is 0.126. The standard InChI is InChI=1S/C13H14N4O3/c1-7(6-10(14)18)15-11-8-4-2-3-5-9(8)16-12(17-11)13(19)20/h2-5,7H,6H2,1H3,(H2,14,18)(H,19,20)(H,15,16,17). The molecule has 4 N–H and O–H groups in total. The molecule has 0 bridgehead atoms. The van der Waals surface area contributed by atoms with Crippen LogP contribution in [-0.4, -0.2) is 33.0 Å². The molecule has 1 amide bonds. The van der Waals surface area contributed by atoms with Gasteiger partial charge in [-0.2, -0.15) is 0 Å².